The van der Waals surface area contributed by atoms with E-state index < -0.39 is 6.17 Å². The second kappa shape index (κ2) is 6.76. The predicted octanol–water partition coefficient (Wildman–Crippen LogP) is 1.09. The lowest BCUT2D eigenvalue weighted by Gasteiger charge is -2.33. The highest BCUT2D eigenvalue weighted by atomic mass is 32.2. The van der Waals surface area contributed by atoms with Gasteiger partial charge in [-0.2, -0.15) is 0 Å². The Morgan fingerprint density at radius 1 is 1.15 bits per heavy atom. The van der Waals surface area contributed by atoms with Gasteiger partial charge >= 0.3 is 0 Å². The first-order valence-electron chi connectivity index (χ1n) is 8.27. The Balaban J connectivity index is 1.90. The Bertz CT molecular complexity index is 1030. The van der Waals surface area contributed by atoms with E-state index in [0.717, 1.165) is 5.75 Å². The number of amides is 1. The van der Waals surface area contributed by atoms with Crippen LogP contribution in [0.25, 0.3) is 5.70 Å². The zero-order valence-electron chi connectivity index (χ0n) is 14.0. The van der Waals surface area contributed by atoms with Gasteiger partial charge in [0.1, 0.15) is 5.70 Å². The molecule has 0 spiro atoms. The molecule has 6 nitrogen and oxygen atoms in total. The van der Waals surface area contributed by atoms with E-state index in [0.29, 0.717) is 27.0 Å². The van der Waals surface area contributed by atoms with Gasteiger partial charge in [0.05, 0.1) is 5.36 Å². The minimum atomic E-state index is -0.902. The summed E-state index contributed by atoms with van der Waals surface area (Å²) in [5.74, 6) is 0.286. The van der Waals surface area contributed by atoms with Gasteiger partial charge in [0, 0.05) is 10.8 Å². The molecular formula is C19H16N4O2S. The van der Waals surface area contributed by atoms with Crippen molar-refractivity contribution in [2.24, 2.45) is 10.1 Å². The lowest BCUT2D eigenvalue weighted by molar-refractivity contribution is -0.115. The Morgan fingerprint density at radius 3 is 2.65 bits per heavy atom. The summed E-state index contributed by atoms with van der Waals surface area (Å²) in [7, 11) is 0. The van der Waals surface area contributed by atoms with E-state index in [2.05, 4.69) is 15.4 Å². The largest absolute Gasteiger partial charge is 0.298 e. The van der Waals surface area contributed by atoms with Crippen molar-refractivity contribution < 1.29 is 9.59 Å². The molecule has 0 bridgehead atoms. The first-order valence-corrected chi connectivity index (χ1v) is 9.26. The number of para-hydroxylation sites is 1. The number of Topliss-reactive ketones (excluding diaryl/α,β-unsaturated/α-hetero) is 1. The molecule has 1 amide bonds. The number of ketones is 1. The molecule has 130 valence electrons. The standard InChI is InChI=1S/C19H16N4O2S/c1-2-26-19-21-18(25)15-13-10-6-7-11-14(13)20-17(23(15)22-19)16(24)12-8-4-3-5-9-12/h3-11,17H,2H2,1H3,(H,21,22,25)/t17-/m0/s1. The van der Waals surface area contributed by atoms with Gasteiger partial charge in [-0.15, -0.1) is 5.10 Å². The topological polar surface area (TPSA) is 74.1 Å². The van der Waals surface area contributed by atoms with E-state index in [1.807, 2.05) is 31.2 Å². The summed E-state index contributed by atoms with van der Waals surface area (Å²) in [6.45, 7) is 1.97. The summed E-state index contributed by atoms with van der Waals surface area (Å²) in [5, 5.41) is 10.5. The maximum absolute atomic E-state index is 13.1. The van der Waals surface area contributed by atoms with Crippen LogP contribution in [0.4, 0.5) is 0 Å². The van der Waals surface area contributed by atoms with Gasteiger partial charge in [-0.25, -0.2) is 10.0 Å². The third kappa shape index (κ3) is 2.80. The van der Waals surface area contributed by atoms with Crippen LogP contribution < -0.4 is 15.9 Å². The monoisotopic (exact) mass is 364 g/mol. The summed E-state index contributed by atoms with van der Waals surface area (Å²) in [6, 6.07) is 16.2. The number of fused-ring (bicyclic) bond motifs is 2. The quantitative estimate of drug-likeness (QED) is 0.828. The Hall–Kier alpha value is -2.93. The molecule has 0 saturated carbocycles. The second-order valence-corrected chi connectivity index (χ2v) is 6.99. The van der Waals surface area contributed by atoms with Crippen LogP contribution in [-0.2, 0) is 4.79 Å². The van der Waals surface area contributed by atoms with Gasteiger partial charge in [-0.1, -0.05) is 67.2 Å². The molecule has 1 atom stereocenters. The van der Waals surface area contributed by atoms with Crippen LogP contribution >= 0.6 is 11.8 Å². The highest BCUT2D eigenvalue weighted by Gasteiger charge is 2.37. The molecule has 2 heterocycles. The fourth-order valence-electron chi connectivity index (χ4n) is 2.95. The Labute approximate surface area is 154 Å². The van der Waals surface area contributed by atoms with Gasteiger partial charge in [-0.3, -0.25) is 14.9 Å². The van der Waals surface area contributed by atoms with E-state index in [9.17, 15) is 9.59 Å². The van der Waals surface area contributed by atoms with Crippen molar-refractivity contribution in [1.82, 2.24) is 10.3 Å². The SMILES string of the molecule is CCSC1=NN2C(=c3ccccc3=N[C@@H]2C(=O)c2ccccc2)C(=O)N1. The first kappa shape index (κ1) is 16.5. The summed E-state index contributed by atoms with van der Waals surface area (Å²) in [5.41, 5.74) is 0.885. The molecule has 0 radical (unpaired) electrons. The molecule has 0 aromatic heterocycles. The van der Waals surface area contributed by atoms with Gasteiger partial charge in [0.15, 0.2) is 5.17 Å². The molecule has 0 fully saturated rings. The van der Waals surface area contributed by atoms with Crippen molar-refractivity contribution >= 4 is 34.3 Å². The molecule has 0 unspecified atom stereocenters. The van der Waals surface area contributed by atoms with E-state index in [1.165, 1.54) is 16.8 Å². The Kier molecular flexibility index (Phi) is 4.30. The number of thioether (sulfide) groups is 1. The van der Waals surface area contributed by atoms with Crippen LogP contribution in [0.15, 0.2) is 64.7 Å². The number of carbonyl (C=O) groups is 2. The van der Waals surface area contributed by atoms with E-state index in [1.54, 1.807) is 30.3 Å². The number of hydrogen-bond acceptors (Lipinski definition) is 6. The summed E-state index contributed by atoms with van der Waals surface area (Å²) < 4.78 is 0. The minimum absolute atomic E-state index is 0.197. The number of hydrogen-bond donors (Lipinski definition) is 1. The van der Waals surface area contributed by atoms with Crippen molar-refractivity contribution in [3.63, 3.8) is 0 Å². The van der Waals surface area contributed by atoms with E-state index >= 15 is 0 Å². The first-order chi connectivity index (χ1) is 12.7. The number of benzene rings is 2. The molecule has 4 rings (SSSR count). The maximum Gasteiger partial charge on any atom is 0.276 e. The van der Waals surface area contributed by atoms with Gasteiger partial charge in [-0.05, 0) is 11.8 Å². The highest BCUT2D eigenvalue weighted by Crippen LogP contribution is 2.22. The van der Waals surface area contributed by atoms with Crippen molar-refractivity contribution in [2.75, 3.05) is 5.75 Å². The Morgan fingerprint density at radius 2 is 1.88 bits per heavy atom. The molecule has 2 aromatic rings. The zero-order valence-corrected chi connectivity index (χ0v) is 14.9. The average molecular weight is 364 g/mol. The van der Waals surface area contributed by atoms with Crippen LogP contribution in [0.5, 0.6) is 0 Å². The molecule has 2 aliphatic heterocycles. The van der Waals surface area contributed by atoms with Gasteiger partial charge in [0.2, 0.25) is 11.9 Å². The van der Waals surface area contributed by atoms with Crippen molar-refractivity contribution in [2.45, 2.75) is 13.1 Å². The fraction of sp³-hybridized carbons (Fsp3) is 0.158. The van der Waals surface area contributed by atoms with Crippen LogP contribution in [0.2, 0.25) is 0 Å². The van der Waals surface area contributed by atoms with Gasteiger partial charge < -0.3 is 0 Å². The molecule has 0 saturated heterocycles. The van der Waals surface area contributed by atoms with Crippen molar-refractivity contribution in [3.05, 3.63) is 70.7 Å². The number of nitrogens with zero attached hydrogens (tertiary/aromatic N) is 3. The third-order valence-electron chi connectivity index (χ3n) is 4.09. The van der Waals surface area contributed by atoms with Crippen LogP contribution in [0.1, 0.15) is 17.3 Å². The number of hydrazone groups is 1. The molecule has 0 aliphatic carbocycles. The smallest absolute Gasteiger partial charge is 0.276 e. The number of carbonyl (C=O) groups excluding carboxylic acids is 2. The molecular weight excluding hydrogens is 348 g/mol. The van der Waals surface area contributed by atoms with E-state index in [4.69, 9.17) is 0 Å². The maximum atomic E-state index is 13.1. The van der Waals surface area contributed by atoms with Crippen LogP contribution in [-0.4, -0.2) is 33.8 Å². The lowest BCUT2D eigenvalue weighted by Crippen LogP contribution is -2.54. The molecule has 26 heavy (non-hydrogen) atoms. The highest BCUT2D eigenvalue weighted by molar-refractivity contribution is 8.13. The average Bonchev–Trinajstić information content (AvgIpc) is 2.67. The third-order valence-corrected chi connectivity index (χ3v) is 4.84. The zero-order chi connectivity index (χ0) is 18.1. The predicted molar refractivity (Wildman–Crippen MR) is 101 cm³/mol. The summed E-state index contributed by atoms with van der Waals surface area (Å²) in [6.07, 6.45) is -0.902. The van der Waals surface area contributed by atoms with Gasteiger partial charge in [0.25, 0.3) is 5.91 Å². The van der Waals surface area contributed by atoms with Crippen LogP contribution in [0, 0.1) is 0 Å². The summed E-state index contributed by atoms with van der Waals surface area (Å²) >= 11 is 1.41. The van der Waals surface area contributed by atoms with Crippen molar-refractivity contribution in [3.8, 4) is 0 Å². The number of amidine groups is 1. The number of rotatable bonds is 3. The fourth-order valence-corrected chi connectivity index (χ4v) is 3.54. The van der Waals surface area contributed by atoms with Crippen LogP contribution in [0.3, 0.4) is 0 Å². The molecule has 7 heteroatoms. The second-order valence-electron chi connectivity index (χ2n) is 5.74. The lowest BCUT2D eigenvalue weighted by atomic mass is 10.1. The normalized spacial score (nSPS) is 18.3. The minimum Gasteiger partial charge on any atom is -0.298 e. The van der Waals surface area contributed by atoms with Crippen molar-refractivity contribution in [1.29, 1.82) is 0 Å². The molecule has 2 aromatic carbocycles. The molecule has 2 aliphatic rings. The number of nitrogens with one attached hydrogen (secondary N) is 1. The molecule has 1 N–H and O–H groups in total. The summed E-state index contributed by atoms with van der Waals surface area (Å²) in [4.78, 5) is 30.4. The van der Waals surface area contributed by atoms with E-state index in [-0.39, 0.29) is 11.7 Å².